The van der Waals surface area contributed by atoms with Crippen LogP contribution in [0.2, 0.25) is 0 Å². The number of alkyl halides is 3. The number of aryl methyl sites for hydroxylation is 1. The van der Waals surface area contributed by atoms with E-state index in [9.17, 15) is 13.2 Å². The van der Waals surface area contributed by atoms with Gasteiger partial charge in [-0.15, -0.1) is 0 Å². The van der Waals surface area contributed by atoms with Crippen molar-refractivity contribution in [2.45, 2.75) is 38.5 Å². The number of aromatic nitrogens is 4. The average Bonchev–Trinajstić information content (AvgIpc) is 2.90. The van der Waals surface area contributed by atoms with Crippen LogP contribution in [0.25, 0.3) is 0 Å². The van der Waals surface area contributed by atoms with Crippen molar-refractivity contribution in [3.63, 3.8) is 0 Å². The summed E-state index contributed by atoms with van der Waals surface area (Å²) < 4.78 is 45.4. The van der Waals surface area contributed by atoms with Gasteiger partial charge < -0.3 is 15.4 Å². The summed E-state index contributed by atoms with van der Waals surface area (Å²) >= 11 is 0. The number of hydrogen-bond acceptors (Lipinski definition) is 7. The van der Waals surface area contributed by atoms with Crippen molar-refractivity contribution in [3.8, 4) is 0 Å². The summed E-state index contributed by atoms with van der Waals surface area (Å²) in [5.41, 5.74) is 1.54. The number of halogens is 3. The molecule has 8 nitrogen and oxygen atoms in total. The predicted molar refractivity (Wildman–Crippen MR) is 101 cm³/mol. The summed E-state index contributed by atoms with van der Waals surface area (Å²) in [5.74, 6) is 0.418. The van der Waals surface area contributed by atoms with Crippen molar-refractivity contribution >= 4 is 17.5 Å². The van der Waals surface area contributed by atoms with E-state index in [0.717, 1.165) is 37.7 Å². The first-order valence-electron chi connectivity index (χ1n) is 9.63. The van der Waals surface area contributed by atoms with Crippen molar-refractivity contribution in [2.75, 3.05) is 43.5 Å². The smallest absolute Gasteiger partial charge is 0.378 e. The zero-order valence-electron chi connectivity index (χ0n) is 16.3. The molecule has 2 saturated heterocycles. The van der Waals surface area contributed by atoms with E-state index >= 15 is 0 Å². The Hall–Kier alpha value is -2.40. The molecule has 4 rings (SSSR count). The van der Waals surface area contributed by atoms with Crippen LogP contribution in [0.4, 0.5) is 30.6 Å². The zero-order valence-corrected chi connectivity index (χ0v) is 16.3. The third-order valence-corrected chi connectivity index (χ3v) is 5.16. The molecule has 0 aliphatic carbocycles. The predicted octanol–water partition coefficient (Wildman–Crippen LogP) is 2.52. The highest BCUT2D eigenvalue weighted by Crippen LogP contribution is 2.29. The summed E-state index contributed by atoms with van der Waals surface area (Å²) in [6.45, 7) is 7.60. The molecule has 2 fully saturated rings. The Kier molecular flexibility index (Phi) is 5.34. The number of nitrogens with zero attached hydrogens (tertiary/aromatic N) is 5. The highest BCUT2D eigenvalue weighted by atomic mass is 19.4. The number of hydrogen-bond donors (Lipinski definition) is 2. The van der Waals surface area contributed by atoms with E-state index in [4.69, 9.17) is 4.74 Å². The molecule has 2 N–H and O–H groups in total. The highest BCUT2D eigenvalue weighted by molar-refractivity contribution is 5.57. The molecule has 0 saturated carbocycles. The van der Waals surface area contributed by atoms with Gasteiger partial charge in [0.25, 0.3) is 0 Å². The van der Waals surface area contributed by atoms with Gasteiger partial charge in [-0.05, 0) is 13.8 Å². The molecule has 0 aromatic carbocycles. The van der Waals surface area contributed by atoms with Crippen LogP contribution in [0, 0.1) is 6.92 Å². The summed E-state index contributed by atoms with van der Waals surface area (Å²) in [5, 5.41) is 10.5. The van der Waals surface area contributed by atoms with Crippen LogP contribution in [0.5, 0.6) is 0 Å². The molecule has 0 atom stereocenters. The van der Waals surface area contributed by atoms with Gasteiger partial charge in [0, 0.05) is 37.6 Å². The van der Waals surface area contributed by atoms with E-state index in [0.29, 0.717) is 18.6 Å². The number of ether oxygens (including phenoxy) is 1. The van der Waals surface area contributed by atoms with Crippen LogP contribution in [-0.2, 0) is 11.2 Å². The van der Waals surface area contributed by atoms with Crippen molar-refractivity contribution in [1.82, 2.24) is 24.6 Å². The minimum atomic E-state index is -4.32. The topological polar surface area (TPSA) is 80.1 Å². The monoisotopic (exact) mass is 411 g/mol. The van der Waals surface area contributed by atoms with E-state index in [2.05, 4.69) is 30.6 Å². The summed E-state index contributed by atoms with van der Waals surface area (Å²) in [4.78, 5) is 10.7. The molecule has 11 heteroatoms. The second-order valence-electron chi connectivity index (χ2n) is 7.42. The van der Waals surface area contributed by atoms with Crippen molar-refractivity contribution in [3.05, 3.63) is 23.7 Å². The molecular formula is C18H24F3N7O. The largest absolute Gasteiger partial charge is 0.393 e. The van der Waals surface area contributed by atoms with E-state index in [1.165, 1.54) is 6.20 Å². The Labute approximate surface area is 166 Å². The maximum Gasteiger partial charge on any atom is 0.393 e. The van der Waals surface area contributed by atoms with Crippen LogP contribution in [0.1, 0.15) is 24.2 Å². The summed E-state index contributed by atoms with van der Waals surface area (Å²) in [6, 6.07) is 0.825. The van der Waals surface area contributed by atoms with Gasteiger partial charge in [0.2, 0.25) is 5.95 Å². The van der Waals surface area contributed by atoms with E-state index in [1.54, 1.807) is 6.92 Å². The van der Waals surface area contributed by atoms with E-state index in [-0.39, 0.29) is 17.3 Å². The Morgan fingerprint density at radius 3 is 2.62 bits per heavy atom. The maximum absolute atomic E-state index is 12.8. The Morgan fingerprint density at radius 2 is 2.00 bits per heavy atom. The number of rotatable bonds is 7. The lowest BCUT2D eigenvalue weighted by Crippen LogP contribution is -2.59. The molecule has 0 unspecified atom stereocenters. The Morgan fingerprint density at radius 1 is 1.24 bits per heavy atom. The minimum Gasteiger partial charge on any atom is -0.378 e. The molecule has 0 spiro atoms. The lowest BCUT2D eigenvalue weighted by Gasteiger charge is -2.47. The van der Waals surface area contributed by atoms with Gasteiger partial charge in [0.15, 0.2) is 0 Å². The Balaban J connectivity index is 1.44. The fourth-order valence-electron chi connectivity index (χ4n) is 3.43. The van der Waals surface area contributed by atoms with Gasteiger partial charge in [-0.1, -0.05) is 0 Å². The quantitative estimate of drug-likeness (QED) is 0.725. The van der Waals surface area contributed by atoms with Gasteiger partial charge in [-0.25, -0.2) is 4.98 Å². The molecule has 0 amide bonds. The molecule has 2 aromatic rings. The number of nitrogens with one attached hydrogen (secondary N) is 2. The summed E-state index contributed by atoms with van der Waals surface area (Å²) in [7, 11) is 0. The Bertz CT molecular complexity index is 860. The van der Waals surface area contributed by atoms with Gasteiger partial charge in [0.05, 0.1) is 43.1 Å². The third-order valence-electron chi connectivity index (χ3n) is 5.16. The van der Waals surface area contributed by atoms with Crippen molar-refractivity contribution < 1.29 is 17.9 Å². The molecule has 0 bridgehead atoms. The fraction of sp³-hybridized carbons (Fsp3) is 0.611. The van der Waals surface area contributed by atoms with Gasteiger partial charge in [-0.3, -0.25) is 9.58 Å². The molecule has 2 aliphatic heterocycles. The van der Waals surface area contributed by atoms with Crippen molar-refractivity contribution in [1.29, 1.82) is 0 Å². The van der Waals surface area contributed by atoms with Gasteiger partial charge >= 0.3 is 6.18 Å². The lowest BCUT2D eigenvalue weighted by atomic mass is 10.0. The fourth-order valence-corrected chi connectivity index (χ4v) is 3.43. The molecule has 2 aromatic heterocycles. The normalized spacial score (nSPS) is 18.4. The van der Waals surface area contributed by atoms with Gasteiger partial charge in [0.1, 0.15) is 5.82 Å². The van der Waals surface area contributed by atoms with Crippen LogP contribution < -0.4 is 10.6 Å². The lowest BCUT2D eigenvalue weighted by molar-refractivity contribution is -0.127. The highest BCUT2D eigenvalue weighted by Gasteiger charge is 2.37. The molecule has 0 radical (unpaired) electrons. The SMILES string of the molecule is CCNc1nc(Nc2cn(C3CN(C4COC4)C3)nc2C)ncc1CC(F)(F)F. The summed E-state index contributed by atoms with van der Waals surface area (Å²) in [6.07, 6.45) is -2.28. The second-order valence-corrected chi connectivity index (χ2v) is 7.42. The van der Waals surface area contributed by atoms with Crippen LogP contribution in [-0.4, -0.2) is 69.7 Å². The number of anilines is 3. The molecule has 2 aliphatic rings. The van der Waals surface area contributed by atoms with Crippen molar-refractivity contribution in [2.24, 2.45) is 0 Å². The first-order chi connectivity index (χ1) is 13.8. The third kappa shape index (κ3) is 4.45. The second kappa shape index (κ2) is 7.79. The minimum absolute atomic E-state index is 0.0202. The average molecular weight is 411 g/mol. The van der Waals surface area contributed by atoms with Crippen LogP contribution in [0.15, 0.2) is 12.4 Å². The molecular weight excluding hydrogens is 387 g/mol. The van der Waals surface area contributed by atoms with Crippen LogP contribution >= 0.6 is 0 Å². The molecule has 4 heterocycles. The van der Waals surface area contributed by atoms with E-state index in [1.807, 2.05) is 17.8 Å². The van der Waals surface area contributed by atoms with Crippen LogP contribution in [0.3, 0.4) is 0 Å². The molecule has 29 heavy (non-hydrogen) atoms. The zero-order chi connectivity index (χ0) is 20.6. The number of likely N-dealkylation sites (tertiary alicyclic amines) is 1. The first-order valence-corrected chi connectivity index (χ1v) is 9.63. The van der Waals surface area contributed by atoms with Gasteiger partial charge in [-0.2, -0.15) is 23.3 Å². The first kappa shape index (κ1) is 19.9. The maximum atomic E-state index is 12.8. The standard InChI is InChI=1S/C18H24F3N7O/c1-3-22-16-12(4-18(19,20)21)5-23-17(25-16)24-15-8-28(26-11(15)2)13-6-27(7-13)14-9-29-10-14/h5,8,13-14H,3-4,6-7,9-10H2,1-2H3,(H2,22,23,24,25). The van der Waals surface area contributed by atoms with E-state index < -0.39 is 12.6 Å². The molecule has 158 valence electrons.